The van der Waals surface area contributed by atoms with Crippen molar-refractivity contribution < 1.29 is 13.9 Å². The minimum Gasteiger partial charge on any atom is -0.467 e. The first-order chi connectivity index (χ1) is 8.63. The third kappa shape index (κ3) is 2.93. The lowest BCUT2D eigenvalue weighted by Gasteiger charge is -2.23. The van der Waals surface area contributed by atoms with E-state index in [-0.39, 0.29) is 5.97 Å². The zero-order chi connectivity index (χ0) is 13.1. The molecule has 0 aromatic carbocycles. The summed E-state index contributed by atoms with van der Waals surface area (Å²) in [6, 6.07) is 2.22. The number of nitrogens with zero attached hydrogens (tertiary/aromatic N) is 1. The smallest absolute Gasteiger partial charge is 0.341 e. The van der Waals surface area contributed by atoms with Crippen LogP contribution in [-0.4, -0.2) is 30.6 Å². The van der Waals surface area contributed by atoms with Gasteiger partial charge in [-0.3, -0.25) is 4.90 Å². The van der Waals surface area contributed by atoms with Crippen molar-refractivity contribution in [2.45, 2.75) is 39.3 Å². The summed E-state index contributed by atoms with van der Waals surface area (Å²) in [5, 5.41) is 0. The predicted octanol–water partition coefficient (Wildman–Crippen LogP) is 2.69. The van der Waals surface area contributed by atoms with Crippen molar-refractivity contribution in [1.29, 1.82) is 0 Å². The Morgan fingerprint density at radius 2 is 2.33 bits per heavy atom. The van der Waals surface area contributed by atoms with Crippen molar-refractivity contribution in [2.24, 2.45) is 5.92 Å². The van der Waals surface area contributed by atoms with Crippen LogP contribution in [0.5, 0.6) is 0 Å². The van der Waals surface area contributed by atoms with Gasteiger partial charge in [-0.25, -0.2) is 4.79 Å². The van der Waals surface area contributed by atoms with Gasteiger partial charge in [0.1, 0.15) is 11.3 Å². The molecule has 1 heterocycles. The van der Waals surface area contributed by atoms with Gasteiger partial charge in [0.2, 0.25) is 0 Å². The molecule has 0 radical (unpaired) electrons. The number of carbonyl (C=O) groups excluding carboxylic acids is 1. The van der Waals surface area contributed by atoms with Crippen LogP contribution in [0.3, 0.4) is 0 Å². The molecule has 0 bridgehead atoms. The van der Waals surface area contributed by atoms with Crippen LogP contribution in [0.2, 0.25) is 0 Å². The number of hydrogen-bond donors (Lipinski definition) is 0. The summed E-state index contributed by atoms with van der Waals surface area (Å²) in [5.41, 5.74) is 0.548. The second kappa shape index (κ2) is 5.57. The molecule has 1 aromatic heterocycles. The molecular formula is C14H21NO3. The molecule has 0 unspecified atom stereocenters. The van der Waals surface area contributed by atoms with E-state index >= 15 is 0 Å². The Kier molecular flexibility index (Phi) is 4.07. The number of hydrogen-bond acceptors (Lipinski definition) is 4. The van der Waals surface area contributed by atoms with E-state index in [4.69, 9.17) is 9.15 Å². The molecule has 1 aliphatic rings. The quantitative estimate of drug-likeness (QED) is 0.729. The summed E-state index contributed by atoms with van der Waals surface area (Å²) in [7, 11) is 2.07. The van der Waals surface area contributed by atoms with E-state index < -0.39 is 0 Å². The van der Waals surface area contributed by atoms with Crippen molar-refractivity contribution in [3.8, 4) is 0 Å². The fourth-order valence-corrected chi connectivity index (χ4v) is 2.16. The molecule has 100 valence electrons. The second-order valence-electron chi connectivity index (χ2n) is 4.97. The lowest BCUT2D eigenvalue weighted by Crippen LogP contribution is -2.30. The number of rotatable bonds is 6. The highest BCUT2D eigenvalue weighted by Crippen LogP contribution is 2.35. The SMILES string of the molecule is CCOC(=O)c1ccoc1CN(C)[C@H](C)C1CC1. The van der Waals surface area contributed by atoms with Crippen LogP contribution in [0.25, 0.3) is 0 Å². The van der Waals surface area contributed by atoms with E-state index in [0.29, 0.717) is 30.5 Å². The predicted molar refractivity (Wildman–Crippen MR) is 68.3 cm³/mol. The molecule has 1 aliphatic carbocycles. The number of carbonyl (C=O) groups is 1. The first-order valence-corrected chi connectivity index (χ1v) is 6.57. The average Bonchev–Trinajstić information content (AvgIpc) is 3.09. The number of ether oxygens (including phenoxy) is 1. The van der Waals surface area contributed by atoms with Gasteiger partial charge in [0.15, 0.2) is 0 Å². The molecule has 1 fully saturated rings. The summed E-state index contributed by atoms with van der Waals surface area (Å²) in [4.78, 5) is 14.0. The lowest BCUT2D eigenvalue weighted by atomic mass is 10.1. The number of esters is 1. The Bertz CT molecular complexity index is 409. The van der Waals surface area contributed by atoms with E-state index in [9.17, 15) is 4.79 Å². The summed E-state index contributed by atoms with van der Waals surface area (Å²) in [6.07, 6.45) is 4.18. The molecule has 1 aromatic rings. The van der Waals surface area contributed by atoms with E-state index in [1.807, 2.05) is 0 Å². The van der Waals surface area contributed by atoms with Crippen LogP contribution in [0.4, 0.5) is 0 Å². The average molecular weight is 251 g/mol. The summed E-state index contributed by atoms with van der Waals surface area (Å²) in [5.74, 6) is 1.20. The third-order valence-corrected chi connectivity index (χ3v) is 3.63. The Labute approximate surface area is 108 Å². The van der Waals surface area contributed by atoms with Crippen molar-refractivity contribution in [3.63, 3.8) is 0 Å². The minimum absolute atomic E-state index is 0.297. The first kappa shape index (κ1) is 13.1. The molecule has 0 spiro atoms. The Morgan fingerprint density at radius 1 is 1.61 bits per heavy atom. The van der Waals surface area contributed by atoms with Gasteiger partial charge in [-0.15, -0.1) is 0 Å². The van der Waals surface area contributed by atoms with Gasteiger partial charge in [0.25, 0.3) is 0 Å². The van der Waals surface area contributed by atoms with Gasteiger partial charge in [0.05, 0.1) is 19.4 Å². The summed E-state index contributed by atoms with van der Waals surface area (Å²) in [6.45, 7) is 5.07. The molecule has 0 aliphatic heterocycles. The third-order valence-electron chi connectivity index (χ3n) is 3.63. The molecular weight excluding hydrogens is 230 g/mol. The monoisotopic (exact) mass is 251 g/mol. The lowest BCUT2D eigenvalue weighted by molar-refractivity contribution is 0.0521. The molecule has 4 heteroatoms. The minimum atomic E-state index is -0.297. The standard InChI is InChI=1S/C14H21NO3/c1-4-17-14(16)12-7-8-18-13(12)9-15(3)10(2)11-5-6-11/h7-8,10-11H,4-6,9H2,1-3H3/t10-/m1/s1. The van der Waals surface area contributed by atoms with Gasteiger partial charge < -0.3 is 9.15 Å². The van der Waals surface area contributed by atoms with Crippen LogP contribution >= 0.6 is 0 Å². The van der Waals surface area contributed by atoms with Crippen molar-refractivity contribution >= 4 is 5.97 Å². The van der Waals surface area contributed by atoms with Crippen LogP contribution in [0.15, 0.2) is 16.7 Å². The van der Waals surface area contributed by atoms with E-state index in [2.05, 4.69) is 18.9 Å². The van der Waals surface area contributed by atoms with Crippen molar-refractivity contribution in [2.75, 3.05) is 13.7 Å². The van der Waals surface area contributed by atoms with Crippen molar-refractivity contribution in [3.05, 3.63) is 23.7 Å². The normalized spacial score (nSPS) is 16.9. The maximum Gasteiger partial charge on any atom is 0.341 e. The highest BCUT2D eigenvalue weighted by Gasteiger charge is 2.31. The summed E-state index contributed by atoms with van der Waals surface area (Å²) < 4.78 is 10.4. The van der Waals surface area contributed by atoms with Crippen LogP contribution in [0, 0.1) is 5.92 Å². The van der Waals surface area contributed by atoms with Crippen LogP contribution in [0.1, 0.15) is 42.8 Å². The van der Waals surface area contributed by atoms with Gasteiger partial charge in [-0.05, 0) is 45.7 Å². The maximum absolute atomic E-state index is 11.7. The van der Waals surface area contributed by atoms with Gasteiger partial charge in [-0.1, -0.05) is 0 Å². The van der Waals surface area contributed by atoms with E-state index in [0.717, 1.165) is 5.92 Å². The number of furan rings is 1. The van der Waals surface area contributed by atoms with E-state index in [1.54, 1.807) is 19.3 Å². The fraction of sp³-hybridized carbons (Fsp3) is 0.643. The zero-order valence-corrected chi connectivity index (χ0v) is 11.3. The van der Waals surface area contributed by atoms with Gasteiger partial charge in [0, 0.05) is 6.04 Å². The highest BCUT2D eigenvalue weighted by molar-refractivity contribution is 5.90. The summed E-state index contributed by atoms with van der Waals surface area (Å²) >= 11 is 0. The molecule has 0 N–H and O–H groups in total. The largest absolute Gasteiger partial charge is 0.467 e. The molecule has 4 nitrogen and oxygen atoms in total. The van der Waals surface area contributed by atoms with Crippen LogP contribution in [-0.2, 0) is 11.3 Å². The second-order valence-corrected chi connectivity index (χ2v) is 4.97. The van der Waals surface area contributed by atoms with Crippen LogP contribution < -0.4 is 0 Å². The fourth-order valence-electron chi connectivity index (χ4n) is 2.16. The topological polar surface area (TPSA) is 42.7 Å². The molecule has 1 saturated carbocycles. The Hall–Kier alpha value is -1.29. The first-order valence-electron chi connectivity index (χ1n) is 6.57. The molecule has 2 rings (SSSR count). The Balaban J connectivity index is 2.00. The van der Waals surface area contributed by atoms with Gasteiger partial charge >= 0.3 is 5.97 Å². The molecule has 18 heavy (non-hydrogen) atoms. The molecule has 1 atom stereocenters. The Morgan fingerprint density at radius 3 is 2.94 bits per heavy atom. The highest BCUT2D eigenvalue weighted by atomic mass is 16.5. The maximum atomic E-state index is 11.7. The van der Waals surface area contributed by atoms with Crippen molar-refractivity contribution in [1.82, 2.24) is 4.90 Å². The molecule has 0 amide bonds. The van der Waals surface area contributed by atoms with Gasteiger partial charge in [-0.2, -0.15) is 0 Å². The zero-order valence-electron chi connectivity index (χ0n) is 11.3. The van der Waals surface area contributed by atoms with E-state index in [1.165, 1.54) is 12.8 Å². The molecule has 0 saturated heterocycles.